The zero-order valence-electron chi connectivity index (χ0n) is 13.2. The molecule has 0 amide bonds. The van der Waals surface area contributed by atoms with Crippen LogP contribution in [0, 0.1) is 6.92 Å². The number of rotatable bonds is 2. The second kappa shape index (κ2) is 4.99. The predicted octanol–water partition coefficient (Wildman–Crippen LogP) is 3.12. The fourth-order valence-corrected chi connectivity index (χ4v) is 3.68. The molecule has 0 aromatic carbocycles. The monoisotopic (exact) mass is 319 g/mol. The number of hydrogen-bond acceptors (Lipinski definition) is 3. The molecule has 122 valence electrons. The molecule has 1 fully saturated rings. The van der Waals surface area contributed by atoms with E-state index in [1.807, 2.05) is 13.0 Å². The number of imidazole rings is 1. The van der Waals surface area contributed by atoms with Crippen LogP contribution in [0.15, 0.2) is 18.5 Å². The van der Waals surface area contributed by atoms with Crippen LogP contribution in [0.4, 0.5) is 8.78 Å². The summed E-state index contributed by atoms with van der Waals surface area (Å²) in [5.41, 5.74) is 2.12. The van der Waals surface area contributed by atoms with Crippen molar-refractivity contribution in [3.63, 3.8) is 0 Å². The highest BCUT2D eigenvalue weighted by Gasteiger charge is 2.46. The molecule has 0 spiro atoms. The lowest BCUT2D eigenvalue weighted by atomic mass is 10.00. The number of aryl methyl sites for hydroxylation is 1. The number of alkyl halides is 2. The highest BCUT2D eigenvalue weighted by molar-refractivity contribution is 6.01. The van der Waals surface area contributed by atoms with E-state index in [4.69, 9.17) is 0 Å². The van der Waals surface area contributed by atoms with E-state index in [-0.39, 0.29) is 6.54 Å². The van der Waals surface area contributed by atoms with Gasteiger partial charge in [0, 0.05) is 18.1 Å². The number of pyridine rings is 1. The van der Waals surface area contributed by atoms with Crippen LogP contribution in [0.25, 0.3) is 22.1 Å². The second-order valence-corrected chi connectivity index (χ2v) is 6.20. The van der Waals surface area contributed by atoms with Crippen LogP contribution in [-0.4, -0.2) is 50.0 Å². The standard InChI is InChI=1S/C16H19F2N5/c1-3-22-7-5-13(16(17,18)9-22)23-10(2)21-12-8-20-15-11(14(12)23)4-6-19-15/h4,6,8,13H,3,5,7,9H2,1-2H3,(H,19,20). The number of nitrogens with one attached hydrogen (secondary N) is 1. The van der Waals surface area contributed by atoms with Crippen molar-refractivity contribution in [3.05, 3.63) is 24.3 Å². The molecule has 1 aliphatic rings. The van der Waals surface area contributed by atoms with Crippen LogP contribution in [0.5, 0.6) is 0 Å². The predicted molar refractivity (Wildman–Crippen MR) is 84.8 cm³/mol. The van der Waals surface area contributed by atoms with E-state index >= 15 is 0 Å². The zero-order chi connectivity index (χ0) is 16.2. The van der Waals surface area contributed by atoms with Crippen LogP contribution >= 0.6 is 0 Å². The summed E-state index contributed by atoms with van der Waals surface area (Å²) >= 11 is 0. The molecule has 5 nitrogen and oxygen atoms in total. The maximum absolute atomic E-state index is 14.8. The van der Waals surface area contributed by atoms with Crippen LogP contribution in [0.3, 0.4) is 0 Å². The van der Waals surface area contributed by atoms with Crippen molar-refractivity contribution in [2.75, 3.05) is 19.6 Å². The Balaban J connectivity index is 1.91. The van der Waals surface area contributed by atoms with E-state index in [1.165, 1.54) is 0 Å². The van der Waals surface area contributed by atoms with Gasteiger partial charge in [0.1, 0.15) is 23.0 Å². The minimum absolute atomic E-state index is 0.200. The number of piperidine rings is 1. The van der Waals surface area contributed by atoms with Crippen molar-refractivity contribution in [2.45, 2.75) is 32.2 Å². The third-order valence-electron chi connectivity index (χ3n) is 4.81. The van der Waals surface area contributed by atoms with E-state index in [0.29, 0.717) is 36.5 Å². The van der Waals surface area contributed by atoms with Crippen molar-refractivity contribution in [3.8, 4) is 0 Å². The molecule has 0 saturated carbocycles. The Hall–Kier alpha value is -2.02. The van der Waals surface area contributed by atoms with Gasteiger partial charge >= 0.3 is 0 Å². The number of nitrogens with zero attached hydrogens (tertiary/aromatic N) is 4. The first-order valence-corrected chi connectivity index (χ1v) is 7.92. The van der Waals surface area contributed by atoms with Crippen LogP contribution < -0.4 is 0 Å². The quantitative estimate of drug-likeness (QED) is 0.789. The highest BCUT2D eigenvalue weighted by atomic mass is 19.3. The van der Waals surface area contributed by atoms with Gasteiger partial charge in [0.25, 0.3) is 5.92 Å². The Morgan fingerprint density at radius 2 is 2.26 bits per heavy atom. The Morgan fingerprint density at radius 3 is 3.00 bits per heavy atom. The van der Waals surface area contributed by atoms with Crippen LogP contribution in [-0.2, 0) is 0 Å². The van der Waals surface area contributed by atoms with Crippen molar-refractivity contribution in [1.82, 2.24) is 24.4 Å². The van der Waals surface area contributed by atoms with E-state index in [2.05, 4.69) is 15.0 Å². The molecule has 7 heteroatoms. The molecule has 3 aromatic rings. The Labute approximate surface area is 132 Å². The van der Waals surface area contributed by atoms with E-state index in [0.717, 1.165) is 10.9 Å². The van der Waals surface area contributed by atoms with Crippen molar-refractivity contribution >= 4 is 22.1 Å². The molecule has 1 saturated heterocycles. The summed E-state index contributed by atoms with van der Waals surface area (Å²) in [6, 6.07) is 1.01. The number of fused-ring (bicyclic) bond motifs is 3. The molecular formula is C16H19F2N5. The number of aromatic amines is 1. The number of hydrogen-bond donors (Lipinski definition) is 1. The summed E-state index contributed by atoms with van der Waals surface area (Å²) in [5.74, 6) is -2.16. The third-order valence-corrected chi connectivity index (χ3v) is 4.81. The molecule has 0 aliphatic carbocycles. The van der Waals surface area contributed by atoms with Gasteiger partial charge in [0.05, 0.1) is 18.3 Å². The zero-order valence-corrected chi connectivity index (χ0v) is 13.2. The lowest BCUT2D eigenvalue weighted by Crippen LogP contribution is -2.49. The first-order chi connectivity index (χ1) is 11.0. The summed E-state index contributed by atoms with van der Waals surface area (Å²) in [6.45, 7) is 4.84. The summed E-state index contributed by atoms with van der Waals surface area (Å²) in [7, 11) is 0. The van der Waals surface area contributed by atoms with Gasteiger partial charge in [0.2, 0.25) is 0 Å². The van der Waals surface area contributed by atoms with E-state index in [1.54, 1.807) is 28.8 Å². The Kier molecular flexibility index (Phi) is 3.16. The van der Waals surface area contributed by atoms with Crippen LogP contribution in [0.2, 0.25) is 0 Å². The maximum Gasteiger partial charge on any atom is 0.280 e. The van der Waals surface area contributed by atoms with Gasteiger partial charge < -0.3 is 9.55 Å². The topological polar surface area (TPSA) is 49.7 Å². The number of likely N-dealkylation sites (tertiary alicyclic amines) is 1. The number of H-pyrrole nitrogens is 1. The molecule has 4 heterocycles. The Bertz CT molecular complexity index is 866. The second-order valence-electron chi connectivity index (χ2n) is 6.20. The fourth-order valence-electron chi connectivity index (χ4n) is 3.68. The van der Waals surface area contributed by atoms with Gasteiger partial charge in [-0.3, -0.25) is 4.90 Å². The van der Waals surface area contributed by atoms with Crippen molar-refractivity contribution < 1.29 is 8.78 Å². The normalized spacial score (nSPS) is 22.2. The van der Waals surface area contributed by atoms with Gasteiger partial charge in [0.15, 0.2) is 0 Å². The fraction of sp³-hybridized carbons (Fsp3) is 0.500. The van der Waals surface area contributed by atoms with Crippen molar-refractivity contribution in [2.24, 2.45) is 0 Å². The van der Waals surface area contributed by atoms with Crippen LogP contribution in [0.1, 0.15) is 25.2 Å². The third kappa shape index (κ3) is 2.14. The smallest absolute Gasteiger partial charge is 0.280 e. The minimum atomic E-state index is -2.78. The molecule has 3 aromatic heterocycles. The van der Waals surface area contributed by atoms with E-state index < -0.39 is 12.0 Å². The van der Waals surface area contributed by atoms with Gasteiger partial charge in [-0.2, -0.15) is 0 Å². The van der Waals surface area contributed by atoms with Gasteiger partial charge in [-0.25, -0.2) is 18.7 Å². The lowest BCUT2D eigenvalue weighted by molar-refractivity contribution is -0.102. The molecule has 1 atom stereocenters. The first-order valence-electron chi connectivity index (χ1n) is 7.92. The first kappa shape index (κ1) is 14.6. The number of aromatic nitrogens is 4. The summed E-state index contributed by atoms with van der Waals surface area (Å²) < 4.78 is 31.3. The molecular weight excluding hydrogens is 300 g/mol. The molecule has 4 rings (SSSR count). The molecule has 23 heavy (non-hydrogen) atoms. The van der Waals surface area contributed by atoms with Crippen molar-refractivity contribution in [1.29, 1.82) is 0 Å². The lowest BCUT2D eigenvalue weighted by Gasteiger charge is -2.39. The van der Waals surface area contributed by atoms with Gasteiger partial charge in [-0.05, 0) is 26.0 Å². The summed E-state index contributed by atoms with van der Waals surface area (Å²) in [6.07, 6.45) is 3.85. The average Bonchev–Trinajstić information content (AvgIpc) is 3.09. The highest BCUT2D eigenvalue weighted by Crippen LogP contribution is 2.40. The average molecular weight is 319 g/mol. The number of halogens is 2. The van der Waals surface area contributed by atoms with E-state index in [9.17, 15) is 8.78 Å². The summed E-state index contributed by atoms with van der Waals surface area (Å²) in [4.78, 5) is 13.6. The largest absolute Gasteiger partial charge is 0.346 e. The molecule has 1 unspecified atom stereocenters. The Morgan fingerprint density at radius 1 is 1.43 bits per heavy atom. The molecule has 1 aliphatic heterocycles. The maximum atomic E-state index is 14.8. The molecule has 1 N–H and O–H groups in total. The molecule has 0 radical (unpaired) electrons. The van der Waals surface area contributed by atoms with Gasteiger partial charge in [-0.15, -0.1) is 0 Å². The summed E-state index contributed by atoms with van der Waals surface area (Å²) in [5, 5.41) is 0.844. The molecule has 0 bridgehead atoms. The van der Waals surface area contributed by atoms with Gasteiger partial charge in [-0.1, -0.05) is 6.92 Å². The SMILES string of the molecule is CCN1CCC(n2c(C)nc3cnc4[nH]ccc4c32)C(F)(F)C1. The minimum Gasteiger partial charge on any atom is -0.346 e.